The van der Waals surface area contributed by atoms with Crippen molar-refractivity contribution >= 4 is 6.03 Å². The predicted octanol–water partition coefficient (Wildman–Crippen LogP) is 0.656. The van der Waals surface area contributed by atoms with Crippen LogP contribution >= 0.6 is 0 Å². The van der Waals surface area contributed by atoms with Gasteiger partial charge in [-0.05, 0) is 12.5 Å². The number of urea groups is 1. The normalized spacial score (nSPS) is 12.0. The zero-order valence-electron chi connectivity index (χ0n) is 12.1. The molecule has 0 saturated carbocycles. The van der Waals surface area contributed by atoms with Crippen molar-refractivity contribution < 1.29 is 9.90 Å². The molecule has 7 nitrogen and oxygen atoms in total. The van der Waals surface area contributed by atoms with Crippen molar-refractivity contribution in [2.75, 3.05) is 6.54 Å². The van der Waals surface area contributed by atoms with E-state index in [1.807, 2.05) is 31.2 Å². The summed E-state index contributed by atoms with van der Waals surface area (Å²) in [5.74, 6) is 0.534. The van der Waals surface area contributed by atoms with E-state index in [0.29, 0.717) is 5.82 Å². The second-order valence-electron chi connectivity index (χ2n) is 4.82. The number of aliphatic hydroxyl groups excluding tert-OH is 1. The highest BCUT2D eigenvalue weighted by atomic mass is 16.3. The van der Waals surface area contributed by atoms with Gasteiger partial charge in [-0.3, -0.25) is 4.68 Å². The number of amides is 2. The van der Waals surface area contributed by atoms with Crippen LogP contribution in [0.2, 0.25) is 0 Å². The van der Waals surface area contributed by atoms with Crippen LogP contribution in [0.15, 0.2) is 30.6 Å². The number of benzene rings is 1. The van der Waals surface area contributed by atoms with Gasteiger partial charge < -0.3 is 15.7 Å². The molecule has 0 aliphatic heterocycles. The van der Waals surface area contributed by atoms with Crippen LogP contribution in [0.3, 0.4) is 0 Å². The zero-order valence-corrected chi connectivity index (χ0v) is 12.1. The highest BCUT2D eigenvalue weighted by Gasteiger charge is 2.09. The average molecular weight is 289 g/mol. The van der Waals surface area contributed by atoms with Gasteiger partial charge in [0.25, 0.3) is 0 Å². The number of nitrogens with zero attached hydrogens (tertiary/aromatic N) is 3. The Bertz CT molecular complexity index is 594. The summed E-state index contributed by atoms with van der Waals surface area (Å²) in [7, 11) is 1.76. The molecule has 0 bridgehead atoms. The topological polar surface area (TPSA) is 92.1 Å². The van der Waals surface area contributed by atoms with Gasteiger partial charge in [0.15, 0.2) is 5.82 Å². The Labute approximate surface area is 123 Å². The molecule has 112 valence electrons. The smallest absolute Gasteiger partial charge is 0.315 e. The van der Waals surface area contributed by atoms with E-state index in [9.17, 15) is 9.90 Å². The number of nitrogens with one attached hydrogen (secondary N) is 2. The van der Waals surface area contributed by atoms with Gasteiger partial charge in [0.1, 0.15) is 6.33 Å². The fourth-order valence-electron chi connectivity index (χ4n) is 1.78. The maximum atomic E-state index is 11.6. The molecule has 2 aromatic rings. The molecule has 1 aromatic carbocycles. The first-order chi connectivity index (χ1) is 10.0. The van der Waals surface area contributed by atoms with E-state index in [2.05, 4.69) is 20.7 Å². The molecule has 1 atom stereocenters. The van der Waals surface area contributed by atoms with Crippen molar-refractivity contribution in [3.63, 3.8) is 0 Å². The molecule has 0 spiro atoms. The van der Waals surface area contributed by atoms with Crippen LogP contribution in [0.1, 0.15) is 23.1 Å². The van der Waals surface area contributed by atoms with Gasteiger partial charge in [-0.15, -0.1) is 0 Å². The van der Waals surface area contributed by atoms with Gasteiger partial charge in [-0.1, -0.05) is 29.8 Å². The van der Waals surface area contributed by atoms with E-state index in [1.54, 1.807) is 18.1 Å². The Kier molecular flexibility index (Phi) is 4.89. The summed E-state index contributed by atoms with van der Waals surface area (Å²) < 4.78 is 1.57. The van der Waals surface area contributed by atoms with Crippen LogP contribution in [-0.4, -0.2) is 32.4 Å². The lowest BCUT2D eigenvalue weighted by molar-refractivity contribution is 0.173. The number of aliphatic hydroxyl groups is 1. The Morgan fingerprint density at radius 1 is 1.33 bits per heavy atom. The number of carbonyl (C=O) groups is 1. The maximum absolute atomic E-state index is 11.6. The fraction of sp³-hybridized carbons (Fsp3) is 0.357. The molecule has 2 rings (SSSR count). The van der Waals surface area contributed by atoms with Crippen LogP contribution in [0.5, 0.6) is 0 Å². The minimum atomic E-state index is -0.732. The van der Waals surface area contributed by atoms with Crippen molar-refractivity contribution in [3.05, 3.63) is 47.5 Å². The Morgan fingerprint density at radius 2 is 2.05 bits per heavy atom. The van der Waals surface area contributed by atoms with Crippen molar-refractivity contribution in [1.29, 1.82) is 0 Å². The number of carbonyl (C=O) groups excluding carboxylic acids is 1. The predicted molar refractivity (Wildman–Crippen MR) is 77.4 cm³/mol. The van der Waals surface area contributed by atoms with Gasteiger partial charge in [-0.25, -0.2) is 9.78 Å². The van der Waals surface area contributed by atoms with E-state index >= 15 is 0 Å². The standard InChI is InChI=1S/C14H19N5O2/c1-10-3-5-11(6-4-10)12(20)7-15-14(21)16-8-13-17-9-19(2)18-13/h3-6,9,12,20H,7-8H2,1-2H3,(H2,15,16,21). The SMILES string of the molecule is Cc1ccc(C(O)CNC(=O)NCc2ncn(C)n2)cc1. The Balaban J connectivity index is 1.74. The molecule has 0 aliphatic rings. The minimum Gasteiger partial charge on any atom is -0.387 e. The summed E-state index contributed by atoms with van der Waals surface area (Å²) in [6.45, 7) is 2.37. The largest absolute Gasteiger partial charge is 0.387 e. The fourth-order valence-corrected chi connectivity index (χ4v) is 1.78. The quantitative estimate of drug-likeness (QED) is 0.754. The molecule has 3 N–H and O–H groups in total. The number of hydrogen-bond acceptors (Lipinski definition) is 4. The van der Waals surface area contributed by atoms with E-state index in [0.717, 1.165) is 11.1 Å². The number of aryl methyl sites for hydroxylation is 2. The molecule has 0 fully saturated rings. The van der Waals surface area contributed by atoms with Gasteiger partial charge in [-0.2, -0.15) is 5.10 Å². The van der Waals surface area contributed by atoms with Crippen LogP contribution < -0.4 is 10.6 Å². The van der Waals surface area contributed by atoms with Gasteiger partial charge in [0, 0.05) is 13.6 Å². The Hall–Kier alpha value is -2.41. The molecule has 7 heteroatoms. The van der Waals surface area contributed by atoms with E-state index < -0.39 is 6.10 Å². The van der Waals surface area contributed by atoms with Crippen LogP contribution in [0, 0.1) is 6.92 Å². The second kappa shape index (κ2) is 6.85. The molecular weight excluding hydrogens is 270 g/mol. The van der Waals surface area contributed by atoms with Crippen LogP contribution in [-0.2, 0) is 13.6 Å². The lowest BCUT2D eigenvalue weighted by Crippen LogP contribution is -2.37. The lowest BCUT2D eigenvalue weighted by atomic mass is 10.1. The lowest BCUT2D eigenvalue weighted by Gasteiger charge is -2.12. The summed E-state index contributed by atoms with van der Waals surface area (Å²) in [5.41, 5.74) is 1.90. The Morgan fingerprint density at radius 3 is 2.67 bits per heavy atom. The van der Waals surface area contributed by atoms with Gasteiger partial charge in [0.2, 0.25) is 0 Å². The summed E-state index contributed by atoms with van der Waals surface area (Å²) in [4.78, 5) is 15.6. The number of aromatic nitrogens is 3. The maximum Gasteiger partial charge on any atom is 0.315 e. The third-order valence-corrected chi connectivity index (χ3v) is 2.97. The zero-order chi connectivity index (χ0) is 15.2. The second-order valence-corrected chi connectivity index (χ2v) is 4.82. The first-order valence-electron chi connectivity index (χ1n) is 6.65. The van der Waals surface area contributed by atoms with E-state index in [4.69, 9.17) is 0 Å². The highest BCUT2D eigenvalue weighted by Crippen LogP contribution is 2.12. The summed E-state index contributed by atoms with van der Waals surface area (Å²) in [6.07, 6.45) is 0.833. The highest BCUT2D eigenvalue weighted by molar-refractivity contribution is 5.73. The number of hydrogen-bond donors (Lipinski definition) is 3. The molecular formula is C14H19N5O2. The molecule has 21 heavy (non-hydrogen) atoms. The van der Waals surface area contributed by atoms with Crippen LogP contribution in [0.4, 0.5) is 4.79 Å². The van der Waals surface area contributed by atoms with Crippen LogP contribution in [0.25, 0.3) is 0 Å². The molecule has 0 saturated heterocycles. The monoisotopic (exact) mass is 289 g/mol. The van der Waals surface area contributed by atoms with Crippen molar-refractivity contribution in [2.45, 2.75) is 19.6 Å². The summed E-state index contributed by atoms with van der Waals surface area (Å²) in [6, 6.07) is 7.17. The third-order valence-electron chi connectivity index (χ3n) is 2.97. The molecule has 0 aliphatic carbocycles. The molecule has 1 heterocycles. The molecule has 1 aromatic heterocycles. The summed E-state index contributed by atoms with van der Waals surface area (Å²) in [5, 5.41) is 19.3. The van der Waals surface area contributed by atoms with E-state index in [1.165, 1.54) is 0 Å². The van der Waals surface area contributed by atoms with Crippen molar-refractivity contribution in [1.82, 2.24) is 25.4 Å². The minimum absolute atomic E-state index is 0.143. The van der Waals surface area contributed by atoms with E-state index in [-0.39, 0.29) is 19.1 Å². The molecule has 1 unspecified atom stereocenters. The number of rotatable bonds is 5. The summed E-state index contributed by atoms with van der Waals surface area (Å²) >= 11 is 0. The molecule has 2 amide bonds. The van der Waals surface area contributed by atoms with Crippen molar-refractivity contribution in [2.24, 2.45) is 7.05 Å². The third kappa shape index (κ3) is 4.57. The van der Waals surface area contributed by atoms with Crippen molar-refractivity contribution in [3.8, 4) is 0 Å². The first-order valence-corrected chi connectivity index (χ1v) is 6.65. The molecule has 0 radical (unpaired) electrons. The van der Waals surface area contributed by atoms with Gasteiger partial charge >= 0.3 is 6.03 Å². The average Bonchev–Trinajstić information content (AvgIpc) is 2.89. The first kappa shape index (κ1) is 15.0. The van der Waals surface area contributed by atoms with Gasteiger partial charge in [0.05, 0.1) is 12.6 Å².